The summed E-state index contributed by atoms with van der Waals surface area (Å²) in [5.74, 6) is -0.554. The molecule has 1 aliphatic carbocycles. The van der Waals surface area contributed by atoms with Crippen LogP contribution >= 0.6 is 0 Å². The summed E-state index contributed by atoms with van der Waals surface area (Å²) in [5.41, 5.74) is 3.07. The van der Waals surface area contributed by atoms with Crippen LogP contribution in [0.3, 0.4) is 0 Å². The van der Waals surface area contributed by atoms with E-state index in [4.69, 9.17) is 4.74 Å². The van der Waals surface area contributed by atoms with E-state index in [0.29, 0.717) is 6.42 Å². The molecule has 4 atom stereocenters. The summed E-state index contributed by atoms with van der Waals surface area (Å²) in [5, 5.41) is 3.53. The summed E-state index contributed by atoms with van der Waals surface area (Å²) in [6.45, 7) is 0. The van der Waals surface area contributed by atoms with Gasteiger partial charge in [-0.25, -0.2) is 0 Å². The molecule has 31 heavy (non-hydrogen) atoms. The summed E-state index contributed by atoms with van der Waals surface area (Å²) in [4.78, 5) is 27.2. The van der Waals surface area contributed by atoms with Crippen molar-refractivity contribution in [3.05, 3.63) is 107 Å². The first kappa shape index (κ1) is 19.7. The van der Waals surface area contributed by atoms with Crippen LogP contribution in [0.2, 0.25) is 0 Å². The molecule has 3 aromatic rings. The molecule has 156 valence electrons. The molecule has 1 saturated heterocycles. The Morgan fingerprint density at radius 2 is 1.52 bits per heavy atom. The number of nitrogens with one attached hydrogen (secondary N) is 1. The summed E-state index contributed by atoms with van der Waals surface area (Å²) >= 11 is 0. The molecule has 1 spiro atoms. The molecule has 1 fully saturated rings. The van der Waals surface area contributed by atoms with Crippen LogP contribution in [0.15, 0.2) is 84.9 Å². The van der Waals surface area contributed by atoms with Crippen LogP contribution in [0.5, 0.6) is 0 Å². The first-order chi connectivity index (χ1) is 15.2. The molecule has 1 heterocycles. The molecule has 3 aromatic carbocycles. The summed E-state index contributed by atoms with van der Waals surface area (Å²) < 4.78 is 5.20. The van der Waals surface area contributed by atoms with Gasteiger partial charge in [-0.3, -0.25) is 14.9 Å². The predicted octanol–water partition coefficient (Wildman–Crippen LogP) is 4.47. The molecule has 1 aliphatic heterocycles. The van der Waals surface area contributed by atoms with E-state index < -0.39 is 11.5 Å². The van der Waals surface area contributed by atoms with Crippen LogP contribution in [0.4, 0.5) is 0 Å². The molecule has 0 radical (unpaired) electrons. The Bertz CT molecular complexity index is 1110. The van der Waals surface area contributed by atoms with E-state index in [2.05, 4.69) is 5.32 Å². The Kier molecular flexibility index (Phi) is 4.95. The first-order valence-electron chi connectivity index (χ1n) is 10.7. The zero-order valence-electron chi connectivity index (χ0n) is 17.5. The molecule has 4 heteroatoms. The van der Waals surface area contributed by atoms with Crippen LogP contribution in [0, 0.1) is 5.41 Å². The van der Waals surface area contributed by atoms with Gasteiger partial charge < -0.3 is 4.74 Å². The number of benzene rings is 3. The van der Waals surface area contributed by atoms with Gasteiger partial charge in [-0.1, -0.05) is 84.9 Å². The third-order valence-corrected chi connectivity index (χ3v) is 6.99. The van der Waals surface area contributed by atoms with Gasteiger partial charge in [0.2, 0.25) is 0 Å². The number of fused-ring (bicyclic) bond motifs is 1. The second kappa shape index (κ2) is 7.78. The second-order valence-corrected chi connectivity index (χ2v) is 8.43. The van der Waals surface area contributed by atoms with Gasteiger partial charge in [-0.2, -0.15) is 0 Å². The fourth-order valence-electron chi connectivity index (χ4n) is 5.66. The Morgan fingerprint density at radius 1 is 0.903 bits per heavy atom. The van der Waals surface area contributed by atoms with Gasteiger partial charge in [0.05, 0.1) is 12.5 Å². The maximum Gasteiger partial charge on any atom is 0.323 e. The van der Waals surface area contributed by atoms with Crippen molar-refractivity contribution in [2.45, 2.75) is 30.8 Å². The zero-order chi connectivity index (χ0) is 21.4. The fraction of sp³-hybridized carbons (Fsp3) is 0.259. The molecule has 5 rings (SSSR count). The van der Waals surface area contributed by atoms with Gasteiger partial charge >= 0.3 is 5.97 Å². The molecule has 0 amide bonds. The minimum atomic E-state index is -0.782. The molecule has 0 unspecified atom stereocenters. The van der Waals surface area contributed by atoms with E-state index in [1.807, 2.05) is 84.9 Å². The number of ether oxygens (including phenoxy) is 1. The number of hydrogen-bond acceptors (Lipinski definition) is 4. The topological polar surface area (TPSA) is 55.4 Å². The molecular weight excluding hydrogens is 386 g/mol. The van der Waals surface area contributed by atoms with Crippen molar-refractivity contribution in [2.24, 2.45) is 5.41 Å². The van der Waals surface area contributed by atoms with Gasteiger partial charge in [-0.05, 0) is 29.5 Å². The third-order valence-electron chi connectivity index (χ3n) is 6.99. The Morgan fingerprint density at radius 3 is 2.19 bits per heavy atom. The normalized spacial score (nSPS) is 27.1. The minimum Gasteiger partial charge on any atom is -0.468 e. The largest absolute Gasteiger partial charge is 0.468 e. The number of carbonyl (C=O) groups is 2. The van der Waals surface area contributed by atoms with Crippen molar-refractivity contribution in [1.82, 2.24) is 5.32 Å². The van der Waals surface area contributed by atoms with Gasteiger partial charge in [0.1, 0.15) is 6.04 Å². The second-order valence-electron chi connectivity index (χ2n) is 8.43. The molecular formula is C27H25NO3. The van der Waals surface area contributed by atoms with Gasteiger partial charge in [-0.15, -0.1) is 0 Å². The van der Waals surface area contributed by atoms with Crippen LogP contribution in [0.25, 0.3) is 0 Å². The molecule has 2 aliphatic rings. The average Bonchev–Trinajstić information content (AvgIpc) is 3.18. The van der Waals surface area contributed by atoms with Crippen LogP contribution in [-0.4, -0.2) is 24.9 Å². The quantitative estimate of drug-likeness (QED) is 0.646. The standard InChI is InChI=1S/C27H25NO3/c1-31-26(30)23-22(19-11-4-2-5-12-19)27(24(28-23)20-13-6-3-7-14-20)17-16-18-10-8-9-15-21(18)25(27)29/h2-15,22-24,28H,16-17H2,1H3/t22-,23+,24+,27+/m0/s1. The van der Waals surface area contributed by atoms with E-state index in [-0.39, 0.29) is 23.7 Å². The SMILES string of the molecule is COC(=O)[C@@H]1N[C@H](c2ccccc2)[C@@]2(CCc3ccccc3C2=O)[C@H]1c1ccccc1. The van der Waals surface area contributed by atoms with E-state index in [9.17, 15) is 9.59 Å². The third kappa shape index (κ3) is 3.02. The smallest absolute Gasteiger partial charge is 0.323 e. The van der Waals surface area contributed by atoms with Crippen molar-refractivity contribution in [3.63, 3.8) is 0 Å². The Labute approximate surface area is 182 Å². The Hall–Kier alpha value is -3.24. The van der Waals surface area contributed by atoms with Gasteiger partial charge in [0.15, 0.2) is 5.78 Å². The lowest BCUT2D eigenvalue weighted by atomic mass is 9.58. The zero-order valence-corrected chi connectivity index (χ0v) is 17.5. The molecule has 0 bridgehead atoms. The van der Waals surface area contributed by atoms with Crippen molar-refractivity contribution in [3.8, 4) is 0 Å². The average molecular weight is 412 g/mol. The van der Waals surface area contributed by atoms with E-state index >= 15 is 0 Å². The van der Waals surface area contributed by atoms with Crippen LogP contribution in [-0.2, 0) is 16.0 Å². The molecule has 4 nitrogen and oxygen atoms in total. The highest BCUT2D eigenvalue weighted by molar-refractivity contribution is 6.05. The maximum absolute atomic E-state index is 14.3. The molecule has 0 saturated carbocycles. The van der Waals surface area contributed by atoms with E-state index in [1.54, 1.807) is 0 Å². The van der Waals surface area contributed by atoms with Crippen molar-refractivity contribution < 1.29 is 14.3 Å². The number of rotatable bonds is 3. The summed E-state index contributed by atoms with van der Waals surface area (Å²) in [7, 11) is 1.41. The first-order valence-corrected chi connectivity index (χ1v) is 10.7. The number of esters is 1. The van der Waals surface area contributed by atoms with Crippen molar-refractivity contribution >= 4 is 11.8 Å². The minimum absolute atomic E-state index is 0.107. The highest BCUT2D eigenvalue weighted by atomic mass is 16.5. The Balaban J connectivity index is 1.75. The fourth-order valence-corrected chi connectivity index (χ4v) is 5.66. The summed E-state index contributed by atoms with van der Waals surface area (Å²) in [6, 6.07) is 26.9. The number of Topliss-reactive ketones (excluding diaryl/α,β-unsaturated/α-hetero) is 1. The predicted molar refractivity (Wildman–Crippen MR) is 119 cm³/mol. The van der Waals surface area contributed by atoms with Crippen molar-refractivity contribution in [1.29, 1.82) is 0 Å². The number of carbonyl (C=O) groups excluding carboxylic acids is 2. The highest BCUT2D eigenvalue weighted by Crippen LogP contribution is 2.59. The van der Waals surface area contributed by atoms with Gasteiger partial charge in [0.25, 0.3) is 0 Å². The number of aryl methyl sites for hydroxylation is 1. The van der Waals surface area contributed by atoms with Crippen LogP contribution < -0.4 is 5.32 Å². The van der Waals surface area contributed by atoms with Crippen LogP contribution in [0.1, 0.15) is 45.4 Å². The maximum atomic E-state index is 14.3. The number of ketones is 1. The van der Waals surface area contributed by atoms with E-state index in [1.165, 1.54) is 7.11 Å². The molecule has 0 aromatic heterocycles. The number of hydrogen-bond donors (Lipinski definition) is 1. The van der Waals surface area contributed by atoms with Gasteiger partial charge in [0, 0.05) is 17.5 Å². The molecule has 1 N–H and O–H groups in total. The lowest BCUT2D eigenvalue weighted by Gasteiger charge is -2.42. The lowest BCUT2D eigenvalue weighted by molar-refractivity contribution is -0.143. The monoisotopic (exact) mass is 411 g/mol. The van der Waals surface area contributed by atoms with E-state index in [0.717, 1.165) is 28.7 Å². The lowest BCUT2D eigenvalue weighted by Crippen LogP contribution is -2.44. The highest BCUT2D eigenvalue weighted by Gasteiger charge is 2.63. The van der Waals surface area contributed by atoms with Crippen molar-refractivity contribution in [2.75, 3.05) is 7.11 Å². The number of methoxy groups -OCH3 is 1. The summed E-state index contributed by atoms with van der Waals surface area (Å²) in [6.07, 6.45) is 1.46.